The number of carboxylic acid groups (broad SMARTS) is 1. The standard InChI is InChI=1S/C23H43NO6Si2/c1-14(30-32(10,11)23(5,6)7)16-17-15(12-13-29-31(8,9)22(2,3)4)19(25)18(21(27)28)24(17)20(16)26/h14-18H,12-13H2,1-11H3,(H,27,28)/t14-,15-,16-,17-,18?/m1/s1. The molecule has 1 N–H and O–H groups in total. The third-order valence-corrected chi connectivity index (χ3v) is 17.4. The van der Waals surface area contributed by atoms with Crippen LogP contribution in [-0.4, -0.2) is 69.1 Å². The maximum Gasteiger partial charge on any atom is 0.334 e. The number of carbonyl (C=O) groups is 3. The van der Waals surface area contributed by atoms with Crippen LogP contribution in [-0.2, 0) is 23.2 Å². The van der Waals surface area contributed by atoms with E-state index in [0.717, 1.165) is 0 Å². The maximum atomic E-state index is 13.1. The molecule has 1 unspecified atom stereocenters. The molecule has 0 aromatic rings. The molecule has 2 aliphatic heterocycles. The minimum absolute atomic E-state index is 0.0146. The molecule has 2 rings (SSSR count). The number of Topliss-reactive ketones (excluding diaryl/α,β-unsaturated/α-hetero) is 1. The summed E-state index contributed by atoms with van der Waals surface area (Å²) in [6.45, 7) is 23.7. The van der Waals surface area contributed by atoms with Crippen molar-refractivity contribution in [3.63, 3.8) is 0 Å². The second-order valence-corrected chi connectivity index (χ2v) is 22.1. The van der Waals surface area contributed by atoms with Gasteiger partial charge in [0, 0.05) is 12.5 Å². The average molecular weight is 486 g/mol. The van der Waals surface area contributed by atoms with Gasteiger partial charge in [0.1, 0.15) is 0 Å². The minimum atomic E-state index is -2.13. The lowest BCUT2D eigenvalue weighted by Crippen LogP contribution is -2.67. The third kappa shape index (κ3) is 4.76. The van der Waals surface area contributed by atoms with Gasteiger partial charge in [-0.25, -0.2) is 4.79 Å². The zero-order valence-corrected chi connectivity index (χ0v) is 23.7. The van der Waals surface area contributed by atoms with Crippen LogP contribution in [0.3, 0.4) is 0 Å². The van der Waals surface area contributed by atoms with Crippen LogP contribution in [0.25, 0.3) is 0 Å². The summed E-state index contributed by atoms with van der Waals surface area (Å²) in [5.74, 6) is -2.94. The SMILES string of the molecule is C[C@@H](O[Si](C)(C)C(C)(C)C)[C@H]1C(=O)N2C(C(=O)O)C(=O)[C@H](CCO[Si](C)(C)C(C)(C)C)[C@H]12. The second-order valence-electron chi connectivity index (χ2n) is 12.5. The molecule has 7 nitrogen and oxygen atoms in total. The van der Waals surface area contributed by atoms with Crippen molar-refractivity contribution in [3.05, 3.63) is 0 Å². The van der Waals surface area contributed by atoms with Crippen LogP contribution in [0.1, 0.15) is 54.9 Å². The molecule has 9 heteroatoms. The normalized spacial score (nSPS) is 27.9. The molecule has 2 saturated heterocycles. The van der Waals surface area contributed by atoms with Gasteiger partial charge >= 0.3 is 5.97 Å². The van der Waals surface area contributed by atoms with Crippen molar-refractivity contribution >= 4 is 34.3 Å². The predicted molar refractivity (Wildman–Crippen MR) is 130 cm³/mol. The Morgan fingerprint density at radius 3 is 1.97 bits per heavy atom. The van der Waals surface area contributed by atoms with Crippen molar-refractivity contribution in [1.82, 2.24) is 4.90 Å². The lowest BCUT2D eigenvalue weighted by molar-refractivity contribution is -0.171. The maximum absolute atomic E-state index is 13.1. The van der Waals surface area contributed by atoms with Crippen molar-refractivity contribution in [2.75, 3.05) is 6.61 Å². The molecule has 2 heterocycles. The van der Waals surface area contributed by atoms with E-state index in [-0.39, 0.29) is 27.9 Å². The Labute approximate surface area is 195 Å². The van der Waals surface area contributed by atoms with Gasteiger partial charge in [-0.15, -0.1) is 0 Å². The van der Waals surface area contributed by atoms with Crippen LogP contribution >= 0.6 is 0 Å². The highest BCUT2D eigenvalue weighted by atomic mass is 28.4. The van der Waals surface area contributed by atoms with Crippen LogP contribution in [0.5, 0.6) is 0 Å². The summed E-state index contributed by atoms with van der Waals surface area (Å²) >= 11 is 0. The summed E-state index contributed by atoms with van der Waals surface area (Å²) in [6, 6.07) is -1.82. The Morgan fingerprint density at radius 1 is 1.03 bits per heavy atom. The number of hydrogen-bond acceptors (Lipinski definition) is 5. The number of aliphatic carboxylic acids is 1. The first-order valence-corrected chi connectivity index (χ1v) is 17.5. The Morgan fingerprint density at radius 2 is 1.53 bits per heavy atom. The van der Waals surface area contributed by atoms with E-state index in [4.69, 9.17) is 8.85 Å². The number of carboxylic acids is 1. The summed E-state index contributed by atoms with van der Waals surface area (Å²) in [6.07, 6.45) is 0.0566. The first-order chi connectivity index (χ1) is 14.2. The molecule has 184 valence electrons. The van der Waals surface area contributed by atoms with Gasteiger partial charge in [0.05, 0.1) is 18.1 Å². The van der Waals surface area contributed by atoms with Gasteiger partial charge in [-0.05, 0) is 49.6 Å². The number of fused-ring (bicyclic) bond motifs is 1. The summed E-state index contributed by atoms with van der Waals surface area (Å²) in [5, 5.41) is 9.69. The molecule has 0 aromatic heterocycles. The summed E-state index contributed by atoms with van der Waals surface area (Å²) in [4.78, 5) is 39.2. The number of β-lactam (4-membered cyclic amide) rings is 1. The monoisotopic (exact) mass is 485 g/mol. The zero-order valence-electron chi connectivity index (χ0n) is 21.7. The Balaban J connectivity index is 2.22. The summed E-state index contributed by atoms with van der Waals surface area (Å²) in [5.41, 5.74) is 0. The first kappa shape index (κ1) is 27.2. The fourth-order valence-corrected chi connectivity index (χ4v) is 6.70. The van der Waals surface area contributed by atoms with Crippen LogP contribution in [0.15, 0.2) is 0 Å². The molecular formula is C23H43NO6Si2. The average Bonchev–Trinajstić information content (AvgIpc) is 2.81. The van der Waals surface area contributed by atoms with E-state index in [9.17, 15) is 19.5 Å². The number of nitrogens with zero attached hydrogens (tertiary/aromatic N) is 1. The minimum Gasteiger partial charge on any atom is -0.479 e. The highest BCUT2D eigenvalue weighted by molar-refractivity contribution is 6.74. The van der Waals surface area contributed by atoms with Crippen molar-refractivity contribution in [2.24, 2.45) is 11.8 Å². The van der Waals surface area contributed by atoms with Crippen LogP contribution in [0.2, 0.25) is 36.3 Å². The summed E-state index contributed by atoms with van der Waals surface area (Å²) in [7, 11) is -4.12. The van der Waals surface area contributed by atoms with Gasteiger partial charge in [-0.1, -0.05) is 41.5 Å². The van der Waals surface area contributed by atoms with Crippen molar-refractivity contribution in [1.29, 1.82) is 0 Å². The van der Waals surface area contributed by atoms with E-state index in [1.807, 2.05) is 6.92 Å². The fraction of sp³-hybridized carbons (Fsp3) is 0.870. The highest BCUT2D eigenvalue weighted by Crippen LogP contribution is 2.47. The number of ketones is 1. The van der Waals surface area contributed by atoms with Crippen molar-refractivity contribution in [3.8, 4) is 0 Å². The van der Waals surface area contributed by atoms with Gasteiger partial charge in [0.2, 0.25) is 5.91 Å². The largest absolute Gasteiger partial charge is 0.479 e. The third-order valence-electron chi connectivity index (χ3n) is 8.28. The van der Waals surface area contributed by atoms with Crippen molar-refractivity contribution in [2.45, 2.75) is 109 Å². The lowest BCUT2D eigenvalue weighted by atomic mass is 9.77. The van der Waals surface area contributed by atoms with E-state index in [1.165, 1.54) is 4.90 Å². The molecule has 0 aromatic carbocycles. The zero-order chi connectivity index (χ0) is 25.0. The second kappa shape index (κ2) is 8.63. The Hall–Kier alpha value is -1.04. The van der Waals surface area contributed by atoms with Crippen molar-refractivity contribution < 1.29 is 28.3 Å². The molecule has 32 heavy (non-hydrogen) atoms. The quantitative estimate of drug-likeness (QED) is 0.313. The van der Waals surface area contributed by atoms with E-state index >= 15 is 0 Å². The number of hydrogen-bond donors (Lipinski definition) is 1. The van der Waals surface area contributed by atoms with Gasteiger partial charge in [-0.3, -0.25) is 9.59 Å². The first-order valence-electron chi connectivity index (χ1n) is 11.6. The molecule has 1 amide bonds. The molecule has 2 fully saturated rings. The van der Waals surface area contributed by atoms with Gasteiger partial charge < -0.3 is 18.9 Å². The molecule has 0 saturated carbocycles. The molecule has 2 aliphatic rings. The van der Waals surface area contributed by atoms with E-state index < -0.39 is 46.5 Å². The number of amides is 1. The number of carbonyl (C=O) groups excluding carboxylic acids is 2. The lowest BCUT2D eigenvalue weighted by Gasteiger charge is -2.50. The van der Waals surface area contributed by atoms with E-state index in [1.54, 1.807) is 0 Å². The highest BCUT2D eigenvalue weighted by Gasteiger charge is 2.66. The predicted octanol–water partition coefficient (Wildman–Crippen LogP) is 4.29. The van der Waals surface area contributed by atoms with Crippen LogP contribution in [0.4, 0.5) is 0 Å². The number of rotatable bonds is 8. The van der Waals surface area contributed by atoms with E-state index in [2.05, 4.69) is 67.7 Å². The Kier molecular flexibility index (Phi) is 7.34. The van der Waals surface area contributed by atoms with Crippen LogP contribution < -0.4 is 0 Å². The smallest absolute Gasteiger partial charge is 0.334 e. The Bertz CT molecular complexity index is 767. The molecule has 0 aliphatic carbocycles. The summed E-state index contributed by atoms with van der Waals surface area (Å²) < 4.78 is 12.7. The van der Waals surface area contributed by atoms with Gasteiger partial charge in [-0.2, -0.15) is 0 Å². The fourth-order valence-electron chi connectivity index (χ4n) is 4.21. The molecule has 0 radical (unpaired) electrons. The van der Waals surface area contributed by atoms with Gasteiger partial charge in [0.25, 0.3) is 0 Å². The van der Waals surface area contributed by atoms with Crippen LogP contribution in [0, 0.1) is 11.8 Å². The van der Waals surface area contributed by atoms with E-state index in [0.29, 0.717) is 13.0 Å². The molecule has 0 bridgehead atoms. The topological polar surface area (TPSA) is 93.1 Å². The molecule has 5 atom stereocenters. The van der Waals surface area contributed by atoms with Gasteiger partial charge in [0.15, 0.2) is 28.5 Å². The molecular weight excluding hydrogens is 442 g/mol. The molecule has 0 spiro atoms.